The lowest BCUT2D eigenvalue weighted by atomic mass is 9.46. The van der Waals surface area contributed by atoms with E-state index in [4.69, 9.17) is 0 Å². The highest BCUT2D eigenvalue weighted by Crippen LogP contribution is 2.61. The number of amides is 2. The van der Waals surface area contributed by atoms with Gasteiger partial charge in [0.1, 0.15) is 5.82 Å². The molecule has 0 aromatic heterocycles. The summed E-state index contributed by atoms with van der Waals surface area (Å²) >= 11 is 0. The van der Waals surface area contributed by atoms with E-state index in [1.165, 1.54) is 18.6 Å². The van der Waals surface area contributed by atoms with Gasteiger partial charge >= 0.3 is 0 Å². The van der Waals surface area contributed by atoms with E-state index in [9.17, 15) is 14.0 Å². The maximum atomic E-state index is 13.1. The summed E-state index contributed by atoms with van der Waals surface area (Å²) in [5, 5.41) is 6.33. The highest BCUT2D eigenvalue weighted by Gasteiger charge is 2.60. The Hall–Kier alpha value is -1.91. The first-order valence-corrected chi connectivity index (χ1v) is 9.70. The van der Waals surface area contributed by atoms with Gasteiger partial charge in [-0.1, -0.05) is 12.1 Å². The molecule has 2 amide bonds. The highest BCUT2D eigenvalue weighted by molar-refractivity contribution is 5.84. The molecule has 4 aliphatic carbocycles. The van der Waals surface area contributed by atoms with Crippen molar-refractivity contribution in [3.8, 4) is 0 Å². The summed E-state index contributed by atoms with van der Waals surface area (Å²) < 4.78 is 13.0. The van der Waals surface area contributed by atoms with E-state index in [0.717, 1.165) is 37.7 Å². The lowest BCUT2D eigenvalue weighted by Gasteiger charge is -2.61. The van der Waals surface area contributed by atoms with Crippen molar-refractivity contribution in [1.29, 1.82) is 0 Å². The first kappa shape index (κ1) is 17.5. The summed E-state index contributed by atoms with van der Waals surface area (Å²) in [6.07, 6.45) is 6.62. The van der Waals surface area contributed by atoms with Gasteiger partial charge in [-0.05, 0) is 74.5 Å². The van der Waals surface area contributed by atoms with Gasteiger partial charge in [-0.15, -0.1) is 0 Å². The molecule has 4 fully saturated rings. The van der Waals surface area contributed by atoms with Crippen LogP contribution in [-0.2, 0) is 16.0 Å². The Morgan fingerprint density at radius 2 is 1.77 bits per heavy atom. The molecule has 4 nitrogen and oxygen atoms in total. The molecule has 1 aromatic rings. The van der Waals surface area contributed by atoms with Gasteiger partial charge in [-0.2, -0.15) is 0 Å². The molecule has 4 bridgehead atoms. The fraction of sp³-hybridized carbons (Fsp3) is 0.619. The monoisotopic (exact) mass is 358 g/mol. The Labute approximate surface area is 153 Å². The second-order valence-electron chi connectivity index (χ2n) is 8.84. The molecule has 0 spiro atoms. The fourth-order valence-corrected chi connectivity index (χ4v) is 6.21. The van der Waals surface area contributed by atoms with Crippen LogP contribution >= 0.6 is 0 Å². The SMILES string of the molecule is CC(=O)NC12C[C@@H]3C[C@@H](C1)CC(C(=O)NCCc1ccc(F)cc1)(C3)C2. The lowest BCUT2D eigenvalue weighted by Crippen LogP contribution is -2.65. The molecular weight excluding hydrogens is 331 g/mol. The largest absolute Gasteiger partial charge is 0.355 e. The molecule has 0 saturated heterocycles. The number of nitrogens with one attached hydrogen (secondary N) is 2. The van der Waals surface area contributed by atoms with Crippen molar-refractivity contribution < 1.29 is 14.0 Å². The Bertz CT molecular complexity index is 701. The number of carbonyl (C=O) groups excluding carboxylic acids is 2. The smallest absolute Gasteiger partial charge is 0.226 e. The van der Waals surface area contributed by atoms with Gasteiger partial charge in [0.05, 0.1) is 5.41 Å². The molecule has 0 heterocycles. The maximum Gasteiger partial charge on any atom is 0.226 e. The van der Waals surface area contributed by atoms with Crippen molar-refractivity contribution in [2.45, 2.75) is 57.4 Å². The molecule has 4 aliphatic rings. The predicted molar refractivity (Wildman–Crippen MR) is 96.8 cm³/mol. The Morgan fingerprint density at radius 3 is 2.38 bits per heavy atom. The van der Waals surface area contributed by atoms with Gasteiger partial charge in [0.25, 0.3) is 0 Å². The van der Waals surface area contributed by atoms with Crippen molar-refractivity contribution in [3.63, 3.8) is 0 Å². The fourth-order valence-electron chi connectivity index (χ4n) is 6.21. The molecule has 2 N–H and O–H groups in total. The number of hydrogen-bond donors (Lipinski definition) is 2. The average molecular weight is 358 g/mol. The molecular formula is C21H27FN2O2. The zero-order valence-electron chi connectivity index (χ0n) is 15.3. The predicted octanol–water partition coefficient (Wildman–Crippen LogP) is 2.96. The highest BCUT2D eigenvalue weighted by atomic mass is 19.1. The van der Waals surface area contributed by atoms with Gasteiger partial charge in [0.15, 0.2) is 0 Å². The normalized spacial score (nSPS) is 34.5. The minimum atomic E-state index is -0.324. The van der Waals surface area contributed by atoms with E-state index in [2.05, 4.69) is 10.6 Å². The van der Waals surface area contributed by atoms with E-state index in [0.29, 0.717) is 24.8 Å². The third kappa shape index (κ3) is 3.24. The summed E-state index contributed by atoms with van der Waals surface area (Å²) in [4.78, 5) is 24.8. The van der Waals surface area contributed by atoms with E-state index in [1.807, 2.05) is 0 Å². The van der Waals surface area contributed by atoms with Crippen LogP contribution < -0.4 is 10.6 Å². The summed E-state index contributed by atoms with van der Waals surface area (Å²) in [6, 6.07) is 6.43. The first-order valence-electron chi connectivity index (χ1n) is 9.70. The van der Waals surface area contributed by atoms with E-state index >= 15 is 0 Å². The van der Waals surface area contributed by atoms with E-state index < -0.39 is 0 Å². The van der Waals surface area contributed by atoms with Crippen LogP contribution in [0.2, 0.25) is 0 Å². The molecule has 5 heteroatoms. The van der Waals surface area contributed by atoms with Crippen molar-refractivity contribution in [3.05, 3.63) is 35.6 Å². The zero-order chi connectivity index (χ0) is 18.4. The summed E-state index contributed by atoms with van der Waals surface area (Å²) in [6.45, 7) is 2.14. The number of hydrogen-bond acceptors (Lipinski definition) is 2. The number of benzene rings is 1. The molecule has 26 heavy (non-hydrogen) atoms. The van der Waals surface area contributed by atoms with Crippen LogP contribution in [0.25, 0.3) is 0 Å². The molecule has 1 aromatic carbocycles. The average Bonchev–Trinajstić information content (AvgIpc) is 2.54. The topological polar surface area (TPSA) is 58.2 Å². The molecule has 5 rings (SSSR count). The Balaban J connectivity index is 1.42. The maximum absolute atomic E-state index is 13.1. The third-order valence-electron chi connectivity index (χ3n) is 6.60. The van der Waals surface area contributed by atoms with Crippen LogP contribution in [0.3, 0.4) is 0 Å². The quantitative estimate of drug-likeness (QED) is 0.850. The van der Waals surface area contributed by atoms with Crippen molar-refractivity contribution in [2.75, 3.05) is 6.54 Å². The van der Waals surface area contributed by atoms with Gasteiger partial charge in [0.2, 0.25) is 11.8 Å². The second kappa shape index (κ2) is 6.36. The lowest BCUT2D eigenvalue weighted by molar-refractivity contribution is -0.153. The van der Waals surface area contributed by atoms with Crippen LogP contribution in [0.4, 0.5) is 4.39 Å². The third-order valence-corrected chi connectivity index (χ3v) is 6.60. The summed E-state index contributed by atoms with van der Waals surface area (Å²) in [5.41, 5.74) is 0.520. The molecule has 0 unspecified atom stereocenters. The number of rotatable bonds is 5. The standard InChI is InChI=1S/C21H27FN2O2/c1-14(25)24-21-11-16-8-17(12-21)10-20(9-16,13-21)19(26)23-7-6-15-2-4-18(22)5-3-15/h2-5,16-17H,6-13H2,1H3,(H,23,26)(H,24,25)/t16-,17-,20?,21?/m1/s1. The van der Waals surface area contributed by atoms with Crippen molar-refractivity contribution in [1.82, 2.24) is 10.6 Å². The van der Waals surface area contributed by atoms with Gasteiger partial charge in [0, 0.05) is 19.0 Å². The summed E-state index contributed by atoms with van der Waals surface area (Å²) in [5.74, 6) is 1.01. The van der Waals surface area contributed by atoms with Crippen molar-refractivity contribution in [2.24, 2.45) is 17.3 Å². The second-order valence-corrected chi connectivity index (χ2v) is 8.84. The van der Waals surface area contributed by atoms with Gasteiger partial charge in [-0.3, -0.25) is 9.59 Å². The van der Waals surface area contributed by atoms with Crippen LogP contribution in [0.1, 0.15) is 51.0 Å². The van der Waals surface area contributed by atoms with Crippen LogP contribution in [-0.4, -0.2) is 23.9 Å². The van der Waals surface area contributed by atoms with Crippen LogP contribution in [0.15, 0.2) is 24.3 Å². The molecule has 140 valence electrons. The minimum Gasteiger partial charge on any atom is -0.355 e. The van der Waals surface area contributed by atoms with Crippen LogP contribution in [0.5, 0.6) is 0 Å². The van der Waals surface area contributed by atoms with Gasteiger partial charge in [-0.25, -0.2) is 4.39 Å². The number of halogens is 1. The molecule has 2 atom stereocenters. The van der Waals surface area contributed by atoms with E-state index in [-0.39, 0.29) is 28.6 Å². The van der Waals surface area contributed by atoms with Crippen molar-refractivity contribution >= 4 is 11.8 Å². The molecule has 0 radical (unpaired) electrons. The minimum absolute atomic E-state index is 0.0128. The van der Waals surface area contributed by atoms with E-state index in [1.54, 1.807) is 19.1 Å². The van der Waals surface area contributed by atoms with Gasteiger partial charge < -0.3 is 10.6 Å². The first-order chi connectivity index (χ1) is 12.4. The zero-order valence-corrected chi connectivity index (χ0v) is 15.3. The Kier molecular flexibility index (Phi) is 4.28. The molecule has 0 aliphatic heterocycles. The Morgan fingerprint density at radius 1 is 1.12 bits per heavy atom. The molecule has 4 saturated carbocycles. The summed E-state index contributed by atoms with van der Waals surface area (Å²) in [7, 11) is 0. The number of carbonyl (C=O) groups is 2. The van der Waals surface area contributed by atoms with Crippen LogP contribution in [0, 0.1) is 23.1 Å².